The number of methoxy groups -OCH3 is 1. The Balaban J connectivity index is 2.02. The molecule has 3 rings (SSSR count). The molecule has 1 aliphatic heterocycles. The second-order valence-electron chi connectivity index (χ2n) is 5.60. The highest BCUT2D eigenvalue weighted by Crippen LogP contribution is 2.27. The lowest BCUT2D eigenvalue weighted by Gasteiger charge is -2.01. The van der Waals surface area contributed by atoms with E-state index in [1.807, 2.05) is 19.9 Å². The van der Waals surface area contributed by atoms with Gasteiger partial charge in [-0.25, -0.2) is 4.99 Å². The number of nitrogens with one attached hydrogen (secondary N) is 1. The molecular weight excluding hydrogens is 306 g/mol. The Morgan fingerprint density at radius 1 is 1.29 bits per heavy atom. The van der Waals surface area contributed by atoms with Crippen LogP contribution in [0.3, 0.4) is 0 Å². The molecule has 0 aliphatic carbocycles. The first kappa shape index (κ1) is 15.7. The van der Waals surface area contributed by atoms with Crippen molar-refractivity contribution < 1.29 is 9.66 Å². The summed E-state index contributed by atoms with van der Waals surface area (Å²) >= 11 is 0. The van der Waals surface area contributed by atoms with Crippen LogP contribution in [0.15, 0.2) is 52.9 Å². The summed E-state index contributed by atoms with van der Waals surface area (Å²) in [6, 6.07) is 8.47. The lowest BCUT2D eigenvalue weighted by atomic mass is 10.1. The number of nitrogens with zero attached hydrogens (tertiary/aromatic N) is 2. The molecule has 2 aromatic rings. The Labute approximate surface area is 139 Å². The van der Waals surface area contributed by atoms with E-state index in [0.29, 0.717) is 22.7 Å². The zero-order chi connectivity index (χ0) is 17.3. The Kier molecular flexibility index (Phi) is 4.04. The number of aromatic amines is 1. The lowest BCUT2D eigenvalue weighted by molar-refractivity contribution is -0.384. The largest absolute Gasteiger partial charge is 0.494 e. The van der Waals surface area contributed by atoms with Gasteiger partial charge in [-0.05, 0) is 31.6 Å². The van der Waals surface area contributed by atoms with Crippen molar-refractivity contribution in [1.29, 1.82) is 0 Å². The summed E-state index contributed by atoms with van der Waals surface area (Å²) in [7, 11) is 1.58. The standard InChI is InChI=1S/C18H17N3O3/c1-11-7-12(2)19-15(11)9-17-18(24-3)10-16(20-17)13-5-4-6-14(8-13)21(22)23/h4-10,19H,1-3H3/b17-9-. The Hall–Kier alpha value is -3.15. The number of allylic oxidation sites excluding steroid dienone is 1. The molecule has 0 atom stereocenters. The molecule has 0 fully saturated rings. The van der Waals surface area contributed by atoms with E-state index in [1.54, 1.807) is 25.3 Å². The van der Waals surface area contributed by atoms with Crippen molar-refractivity contribution in [3.8, 4) is 0 Å². The SMILES string of the molecule is COC1=CC(c2cccc([N+](=O)[O-])c2)=N/C1=C\c1[nH]c(C)cc1C. The van der Waals surface area contributed by atoms with Gasteiger partial charge in [0.15, 0.2) is 0 Å². The highest BCUT2D eigenvalue weighted by atomic mass is 16.6. The smallest absolute Gasteiger partial charge is 0.270 e. The first-order valence-electron chi connectivity index (χ1n) is 7.45. The predicted octanol–water partition coefficient (Wildman–Crippen LogP) is 3.91. The first-order valence-corrected chi connectivity index (χ1v) is 7.45. The number of benzene rings is 1. The average molecular weight is 323 g/mol. The van der Waals surface area contributed by atoms with Crippen molar-refractivity contribution in [3.63, 3.8) is 0 Å². The summed E-state index contributed by atoms with van der Waals surface area (Å²) < 4.78 is 5.40. The van der Waals surface area contributed by atoms with Crippen LogP contribution >= 0.6 is 0 Å². The maximum Gasteiger partial charge on any atom is 0.270 e. The van der Waals surface area contributed by atoms with E-state index < -0.39 is 4.92 Å². The van der Waals surface area contributed by atoms with Crippen LogP contribution < -0.4 is 0 Å². The molecule has 122 valence electrons. The average Bonchev–Trinajstić information content (AvgIpc) is 3.10. The number of ether oxygens (including phenoxy) is 1. The van der Waals surface area contributed by atoms with Gasteiger partial charge >= 0.3 is 0 Å². The molecule has 24 heavy (non-hydrogen) atoms. The van der Waals surface area contributed by atoms with E-state index in [0.717, 1.165) is 17.0 Å². The predicted molar refractivity (Wildman–Crippen MR) is 93.0 cm³/mol. The second kappa shape index (κ2) is 6.16. The molecule has 0 radical (unpaired) electrons. The highest BCUT2D eigenvalue weighted by Gasteiger charge is 2.18. The Morgan fingerprint density at radius 2 is 2.08 bits per heavy atom. The zero-order valence-electron chi connectivity index (χ0n) is 13.7. The third-order valence-corrected chi connectivity index (χ3v) is 3.80. The number of hydrogen-bond acceptors (Lipinski definition) is 4. The van der Waals surface area contributed by atoms with Gasteiger partial charge < -0.3 is 9.72 Å². The van der Waals surface area contributed by atoms with Crippen LogP contribution in [0, 0.1) is 24.0 Å². The van der Waals surface area contributed by atoms with Gasteiger partial charge in [-0.3, -0.25) is 10.1 Å². The molecule has 1 N–H and O–H groups in total. The molecule has 2 heterocycles. The van der Waals surface area contributed by atoms with Gasteiger partial charge in [0.25, 0.3) is 5.69 Å². The van der Waals surface area contributed by atoms with Crippen molar-refractivity contribution in [3.05, 3.63) is 80.5 Å². The molecule has 0 bridgehead atoms. The van der Waals surface area contributed by atoms with Crippen LogP contribution in [0.25, 0.3) is 6.08 Å². The third-order valence-electron chi connectivity index (χ3n) is 3.80. The number of non-ortho nitro benzene ring substituents is 1. The van der Waals surface area contributed by atoms with Gasteiger partial charge in [-0.15, -0.1) is 0 Å². The summed E-state index contributed by atoms with van der Waals surface area (Å²) in [6.45, 7) is 4.01. The summed E-state index contributed by atoms with van der Waals surface area (Å²) in [4.78, 5) is 18.4. The normalized spacial score (nSPS) is 15.4. The fourth-order valence-corrected chi connectivity index (χ4v) is 2.65. The monoisotopic (exact) mass is 323 g/mol. The Bertz CT molecular complexity index is 904. The lowest BCUT2D eigenvalue weighted by Crippen LogP contribution is -1.96. The van der Waals surface area contributed by atoms with Gasteiger partial charge in [0.05, 0.1) is 17.7 Å². The van der Waals surface area contributed by atoms with Gasteiger partial charge in [-0.1, -0.05) is 12.1 Å². The quantitative estimate of drug-likeness (QED) is 0.684. The Morgan fingerprint density at radius 3 is 2.71 bits per heavy atom. The molecule has 1 aliphatic rings. The fraction of sp³-hybridized carbons (Fsp3) is 0.167. The molecule has 0 spiro atoms. The van der Waals surface area contributed by atoms with E-state index in [1.165, 1.54) is 12.1 Å². The highest BCUT2D eigenvalue weighted by molar-refractivity contribution is 6.12. The number of H-pyrrole nitrogens is 1. The van der Waals surface area contributed by atoms with Crippen molar-refractivity contribution in [2.24, 2.45) is 4.99 Å². The fourth-order valence-electron chi connectivity index (χ4n) is 2.65. The van der Waals surface area contributed by atoms with E-state index in [-0.39, 0.29) is 5.69 Å². The van der Waals surface area contributed by atoms with E-state index in [4.69, 9.17) is 4.74 Å². The molecule has 6 heteroatoms. The van der Waals surface area contributed by atoms with Gasteiger partial charge in [0, 0.05) is 35.2 Å². The number of nitro benzene ring substituents is 1. The minimum absolute atomic E-state index is 0.0378. The van der Waals surface area contributed by atoms with Crippen molar-refractivity contribution in [2.75, 3.05) is 7.11 Å². The number of rotatable bonds is 4. The van der Waals surface area contributed by atoms with Crippen molar-refractivity contribution >= 4 is 17.5 Å². The summed E-state index contributed by atoms with van der Waals surface area (Å²) in [5, 5.41) is 10.9. The number of aryl methyl sites for hydroxylation is 2. The van der Waals surface area contributed by atoms with Crippen LogP contribution in [0.1, 0.15) is 22.5 Å². The van der Waals surface area contributed by atoms with E-state index in [9.17, 15) is 10.1 Å². The number of nitro groups is 1. The molecule has 1 aromatic heterocycles. The second-order valence-corrected chi connectivity index (χ2v) is 5.60. The van der Waals surface area contributed by atoms with Gasteiger partial charge in [0.1, 0.15) is 11.5 Å². The molecule has 0 saturated carbocycles. The van der Waals surface area contributed by atoms with Crippen molar-refractivity contribution in [1.82, 2.24) is 4.98 Å². The molecule has 0 unspecified atom stereocenters. The summed E-state index contributed by atoms with van der Waals surface area (Å²) in [6.07, 6.45) is 3.71. The maximum absolute atomic E-state index is 10.9. The third kappa shape index (κ3) is 2.99. The molecule has 6 nitrogen and oxygen atoms in total. The van der Waals surface area contributed by atoms with E-state index in [2.05, 4.69) is 16.0 Å². The maximum atomic E-state index is 10.9. The van der Waals surface area contributed by atoms with Crippen LogP contribution in [0.5, 0.6) is 0 Å². The van der Waals surface area contributed by atoms with Crippen LogP contribution in [0.2, 0.25) is 0 Å². The topological polar surface area (TPSA) is 80.5 Å². The minimum Gasteiger partial charge on any atom is -0.494 e. The number of aliphatic imine (C=N–C) groups is 1. The van der Waals surface area contributed by atoms with Crippen LogP contribution in [-0.4, -0.2) is 22.7 Å². The number of aromatic nitrogens is 1. The molecule has 0 saturated heterocycles. The minimum atomic E-state index is -0.415. The molecular formula is C18H17N3O3. The van der Waals surface area contributed by atoms with E-state index >= 15 is 0 Å². The zero-order valence-corrected chi connectivity index (χ0v) is 13.7. The molecule has 1 aromatic carbocycles. The summed E-state index contributed by atoms with van der Waals surface area (Å²) in [5.74, 6) is 0.628. The number of hydrogen-bond donors (Lipinski definition) is 1. The summed E-state index contributed by atoms with van der Waals surface area (Å²) in [5.41, 5.74) is 5.20. The van der Waals surface area contributed by atoms with Gasteiger partial charge in [-0.2, -0.15) is 0 Å². The van der Waals surface area contributed by atoms with Crippen LogP contribution in [-0.2, 0) is 4.74 Å². The first-order chi connectivity index (χ1) is 11.5. The van der Waals surface area contributed by atoms with Crippen molar-refractivity contribution in [2.45, 2.75) is 13.8 Å². The molecule has 0 amide bonds. The van der Waals surface area contributed by atoms with Gasteiger partial charge in [0.2, 0.25) is 0 Å². The van der Waals surface area contributed by atoms with Crippen LogP contribution in [0.4, 0.5) is 5.69 Å².